The first-order chi connectivity index (χ1) is 7.43. The molecule has 16 heavy (non-hydrogen) atoms. The van der Waals surface area contributed by atoms with Gasteiger partial charge in [0, 0.05) is 32.7 Å². The fraction of sp³-hybridized carbons (Fsp3) is 0.583. The molecule has 1 aromatic heterocycles. The van der Waals surface area contributed by atoms with Crippen molar-refractivity contribution in [2.24, 2.45) is 0 Å². The van der Waals surface area contributed by atoms with Crippen LogP contribution in [0.1, 0.15) is 24.8 Å². The van der Waals surface area contributed by atoms with Crippen molar-refractivity contribution in [2.75, 3.05) is 20.3 Å². The molecule has 0 amide bonds. The van der Waals surface area contributed by atoms with Gasteiger partial charge >= 0.3 is 0 Å². The molecule has 4 heteroatoms. The minimum atomic E-state index is 0. The number of hydrogen-bond acceptors (Lipinski definition) is 3. The zero-order valence-electron chi connectivity index (χ0n) is 9.82. The zero-order valence-corrected chi connectivity index (χ0v) is 10.6. The molecule has 1 aromatic rings. The monoisotopic (exact) mass is 244 g/mol. The lowest BCUT2D eigenvalue weighted by molar-refractivity contribution is 0.192. The van der Waals surface area contributed by atoms with E-state index in [1.165, 1.54) is 18.4 Å². The highest BCUT2D eigenvalue weighted by molar-refractivity contribution is 5.85. The molecule has 1 rings (SSSR count). The molecule has 0 radical (unpaired) electrons. The van der Waals surface area contributed by atoms with Gasteiger partial charge in [0.25, 0.3) is 0 Å². The Bertz CT molecular complexity index is 244. The van der Waals surface area contributed by atoms with E-state index in [1.807, 2.05) is 24.5 Å². The van der Waals surface area contributed by atoms with Crippen molar-refractivity contribution in [3.63, 3.8) is 0 Å². The Morgan fingerprint density at radius 1 is 1.19 bits per heavy atom. The summed E-state index contributed by atoms with van der Waals surface area (Å²) < 4.78 is 4.99. The predicted octanol–water partition coefficient (Wildman–Crippen LogP) is 2.41. The van der Waals surface area contributed by atoms with Gasteiger partial charge in [0.2, 0.25) is 0 Å². The fourth-order valence-electron chi connectivity index (χ4n) is 1.41. The smallest absolute Gasteiger partial charge is 0.0462 e. The molecule has 0 unspecified atom stereocenters. The molecule has 0 aliphatic heterocycles. The van der Waals surface area contributed by atoms with Crippen LogP contribution in [0.2, 0.25) is 0 Å². The number of nitrogens with one attached hydrogen (secondary N) is 1. The summed E-state index contributed by atoms with van der Waals surface area (Å²) in [5, 5.41) is 3.41. The average molecular weight is 245 g/mol. The molecule has 0 aromatic carbocycles. The van der Waals surface area contributed by atoms with E-state index in [4.69, 9.17) is 4.74 Å². The highest BCUT2D eigenvalue weighted by atomic mass is 35.5. The Morgan fingerprint density at radius 3 is 2.62 bits per heavy atom. The van der Waals surface area contributed by atoms with Crippen molar-refractivity contribution in [1.29, 1.82) is 0 Å². The minimum absolute atomic E-state index is 0. The van der Waals surface area contributed by atoms with Gasteiger partial charge in [0.05, 0.1) is 0 Å². The lowest BCUT2D eigenvalue weighted by Gasteiger charge is -2.04. The molecule has 0 saturated heterocycles. The standard InChI is InChI=1S/C12H20N2O.ClH/c1-15-10-4-2-3-7-14-11-12-5-8-13-9-6-12;/h5-6,8-9,14H,2-4,7,10-11H2,1H3;1H. The number of aromatic nitrogens is 1. The summed E-state index contributed by atoms with van der Waals surface area (Å²) in [5.74, 6) is 0. The Hall–Kier alpha value is -0.640. The maximum Gasteiger partial charge on any atom is 0.0462 e. The van der Waals surface area contributed by atoms with Gasteiger partial charge in [-0.05, 0) is 43.5 Å². The van der Waals surface area contributed by atoms with Crippen LogP contribution in [0.15, 0.2) is 24.5 Å². The van der Waals surface area contributed by atoms with E-state index in [0.717, 1.165) is 26.1 Å². The third-order valence-electron chi connectivity index (χ3n) is 2.28. The van der Waals surface area contributed by atoms with Gasteiger partial charge in [-0.3, -0.25) is 4.98 Å². The van der Waals surface area contributed by atoms with E-state index >= 15 is 0 Å². The van der Waals surface area contributed by atoms with Crippen molar-refractivity contribution >= 4 is 12.4 Å². The second-order valence-electron chi connectivity index (χ2n) is 3.59. The van der Waals surface area contributed by atoms with Crippen LogP contribution in [0.3, 0.4) is 0 Å². The average Bonchev–Trinajstić information content (AvgIpc) is 2.29. The zero-order chi connectivity index (χ0) is 10.8. The van der Waals surface area contributed by atoms with E-state index in [2.05, 4.69) is 10.3 Å². The van der Waals surface area contributed by atoms with Crippen molar-refractivity contribution < 1.29 is 4.74 Å². The van der Waals surface area contributed by atoms with Crippen LogP contribution in [0.4, 0.5) is 0 Å². The SMILES string of the molecule is COCCCCCNCc1ccncc1.Cl. The maximum absolute atomic E-state index is 4.99. The number of ether oxygens (including phenoxy) is 1. The molecule has 1 N–H and O–H groups in total. The first-order valence-corrected chi connectivity index (χ1v) is 5.52. The van der Waals surface area contributed by atoms with Crippen LogP contribution in [0, 0.1) is 0 Å². The number of hydrogen-bond donors (Lipinski definition) is 1. The molecule has 3 nitrogen and oxygen atoms in total. The molecule has 0 atom stereocenters. The van der Waals surface area contributed by atoms with Gasteiger partial charge in [0.15, 0.2) is 0 Å². The summed E-state index contributed by atoms with van der Waals surface area (Å²) in [6.07, 6.45) is 7.27. The highest BCUT2D eigenvalue weighted by Crippen LogP contribution is 1.97. The summed E-state index contributed by atoms with van der Waals surface area (Å²) in [6, 6.07) is 4.08. The molecule has 0 fully saturated rings. The van der Waals surface area contributed by atoms with E-state index < -0.39 is 0 Å². The van der Waals surface area contributed by atoms with Crippen molar-refractivity contribution in [3.8, 4) is 0 Å². The molecule has 92 valence electrons. The van der Waals surface area contributed by atoms with Gasteiger partial charge < -0.3 is 10.1 Å². The lowest BCUT2D eigenvalue weighted by Crippen LogP contribution is -2.14. The van der Waals surface area contributed by atoms with Crippen LogP contribution < -0.4 is 5.32 Å². The summed E-state index contributed by atoms with van der Waals surface area (Å²) >= 11 is 0. The number of rotatable bonds is 8. The summed E-state index contributed by atoms with van der Waals surface area (Å²) in [5.41, 5.74) is 1.29. The number of halogens is 1. The molecule has 1 heterocycles. The second-order valence-corrected chi connectivity index (χ2v) is 3.59. The normalized spacial score (nSPS) is 9.81. The molecule has 0 bridgehead atoms. The maximum atomic E-state index is 4.99. The number of nitrogens with zero attached hydrogens (tertiary/aromatic N) is 1. The molecular formula is C12H21ClN2O. The summed E-state index contributed by atoms with van der Waals surface area (Å²) in [4.78, 5) is 3.98. The molecule has 0 spiro atoms. The van der Waals surface area contributed by atoms with Crippen LogP contribution in [0.25, 0.3) is 0 Å². The Labute approximate surface area is 104 Å². The Morgan fingerprint density at radius 2 is 1.94 bits per heavy atom. The fourth-order valence-corrected chi connectivity index (χ4v) is 1.41. The van der Waals surface area contributed by atoms with Crippen LogP contribution >= 0.6 is 12.4 Å². The number of unbranched alkanes of at least 4 members (excludes halogenated alkanes) is 2. The van der Waals surface area contributed by atoms with E-state index in [9.17, 15) is 0 Å². The van der Waals surface area contributed by atoms with Crippen LogP contribution in [-0.2, 0) is 11.3 Å². The quantitative estimate of drug-likeness (QED) is 0.714. The molecule has 0 saturated carbocycles. The topological polar surface area (TPSA) is 34.1 Å². The highest BCUT2D eigenvalue weighted by Gasteiger charge is 1.91. The van der Waals surface area contributed by atoms with E-state index in [-0.39, 0.29) is 12.4 Å². The van der Waals surface area contributed by atoms with Gasteiger partial charge in [-0.1, -0.05) is 0 Å². The van der Waals surface area contributed by atoms with Crippen LogP contribution in [0.5, 0.6) is 0 Å². The Balaban J connectivity index is 0.00000225. The second kappa shape index (κ2) is 10.9. The number of methoxy groups -OCH3 is 1. The number of pyridine rings is 1. The molecule has 0 aliphatic carbocycles. The Kier molecular flexibility index (Phi) is 10.4. The third kappa shape index (κ3) is 7.63. The predicted molar refractivity (Wildman–Crippen MR) is 68.9 cm³/mol. The largest absolute Gasteiger partial charge is 0.385 e. The third-order valence-corrected chi connectivity index (χ3v) is 2.28. The lowest BCUT2D eigenvalue weighted by atomic mass is 10.2. The molecular weight excluding hydrogens is 224 g/mol. The first kappa shape index (κ1) is 15.4. The van der Waals surface area contributed by atoms with Crippen molar-refractivity contribution in [1.82, 2.24) is 10.3 Å². The van der Waals surface area contributed by atoms with Gasteiger partial charge in [-0.25, -0.2) is 0 Å². The van der Waals surface area contributed by atoms with E-state index in [1.54, 1.807) is 7.11 Å². The summed E-state index contributed by atoms with van der Waals surface area (Å²) in [7, 11) is 1.75. The van der Waals surface area contributed by atoms with Gasteiger partial charge in [-0.2, -0.15) is 0 Å². The van der Waals surface area contributed by atoms with Crippen molar-refractivity contribution in [3.05, 3.63) is 30.1 Å². The van der Waals surface area contributed by atoms with Gasteiger partial charge in [0.1, 0.15) is 0 Å². The van der Waals surface area contributed by atoms with Gasteiger partial charge in [-0.15, -0.1) is 12.4 Å². The van der Waals surface area contributed by atoms with E-state index in [0.29, 0.717) is 0 Å². The molecule has 0 aliphatic rings. The van der Waals surface area contributed by atoms with Crippen molar-refractivity contribution in [2.45, 2.75) is 25.8 Å². The summed E-state index contributed by atoms with van der Waals surface area (Å²) in [6.45, 7) is 2.89. The minimum Gasteiger partial charge on any atom is -0.385 e. The van der Waals surface area contributed by atoms with Crippen LogP contribution in [-0.4, -0.2) is 25.2 Å². The first-order valence-electron chi connectivity index (χ1n) is 5.52.